The van der Waals surface area contributed by atoms with Gasteiger partial charge >= 0.3 is 0 Å². The van der Waals surface area contributed by atoms with Crippen LogP contribution in [-0.2, 0) is 4.79 Å². The van der Waals surface area contributed by atoms with E-state index in [0.717, 1.165) is 15.8 Å². The second-order valence-electron chi connectivity index (χ2n) is 5.62. The van der Waals surface area contributed by atoms with Gasteiger partial charge in [0.15, 0.2) is 5.16 Å². The van der Waals surface area contributed by atoms with Crippen molar-refractivity contribution in [3.8, 4) is 5.75 Å². The Morgan fingerprint density at radius 2 is 2.08 bits per heavy atom. The van der Waals surface area contributed by atoms with E-state index in [2.05, 4.69) is 15.3 Å². The van der Waals surface area contributed by atoms with Crippen LogP contribution >= 0.6 is 23.1 Å². The minimum atomic E-state index is -0.150. The molecule has 6 nitrogen and oxygen atoms in total. The van der Waals surface area contributed by atoms with Gasteiger partial charge in [0, 0.05) is 4.88 Å². The van der Waals surface area contributed by atoms with Crippen LogP contribution in [0.5, 0.6) is 5.75 Å². The maximum atomic E-state index is 12.3. The van der Waals surface area contributed by atoms with E-state index >= 15 is 0 Å². The Kier molecular flexibility index (Phi) is 5.63. The van der Waals surface area contributed by atoms with E-state index in [-0.39, 0.29) is 11.7 Å². The van der Waals surface area contributed by atoms with Crippen LogP contribution in [0.4, 0.5) is 11.5 Å². The topological polar surface area (TPSA) is 90.1 Å². The summed E-state index contributed by atoms with van der Waals surface area (Å²) in [5, 5.41) is 4.27. The molecule has 0 saturated carbocycles. The van der Waals surface area contributed by atoms with Crippen molar-refractivity contribution < 1.29 is 9.53 Å². The monoisotopic (exact) mass is 388 g/mol. The van der Waals surface area contributed by atoms with Gasteiger partial charge in [-0.2, -0.15) is 0 Å². The standard InChI is InChI=1S/C18H20N4O2S2/c1-4-24-13-8-6-5-7-12(13)20-14(23)9-25-18-21-16(19)15-10(2)11(3)26-17(15)22-18/h5-8H,4,9H2,1-3H3,(H,20,23)(H2,19,21,22). The number of thiophene rings is 1. The molecule has 1 amide bonds. The Bertz CT molecular complexity index is 956. The van der Waals surface area contributed by atoms with E-state index in [1.54, 1.807) is 11.3 Å². The molecule has 0 fully saturated rings. The number of benzene rings is 1. The molecule has 0 atom stereocenters. The molecule has 0 saturated heterocycles. The van der Waals surface area contributed by atoms with Crippen molar-refractivity contribution >= 4 is 50.7 Å². The molecule has 0 unspecified atom stereocenters. The van der Waals surface area contributed by atoms with Crippen LogP contribution in [-0.4, -0.2) is 28.2 Å². The number of hydrogen-bond acceptors (Lipinski definition) is 7. The first-order valence-corrected chi connectivity index (χ1v) is 9.97. The zero-order valence-electron chi connectivity index (χ0n) is 14.8. The molecule has 3 rings (SSSR count). The smallest absolute Gasteiger partial charge is 0.234 e. The highest BCUT2D eigenvalue weighted by Gasteiger charge is 2.14. The van der Waals surface area contributed by atoms with Crippen molar-refractivity contribution in [3.63, 3.8) is 0 Å². The molecule has 0 spiro atoms. The van der Waals surface area contributed by atoms with Crippen molar-refractivity contribution in [1.29, 1.82) is 0 Å². The van der Waals surface area contributed by atoms with Gasteiger partial charge in [-0.05, 0) is 38.5 Å². The van der Waals surface area contributed by atoms with Gasteiger partial charge in [-0.1, -0.05) is 23.9 Å². The van der Waals surface area contributed by atoms with Crippen molar-refractivity contribution in [3.05, 3.63) is 34.7 Å². The molecule has 0 radical (unpaired) electrons. The third kappa shape index (κ3) is 3.91. The summed E-state index contributed by atoms with van der Waals surface area (Å²) in [7, 11) is 0. The van der Waals surface area contributed by atoms with Crippen LogP contribution < -0.4 is 15.8 Å². The summed E-state index contributed by atoms with van der Waals surface area (Å²) in [6.45, 7) is 6.50. The summed E-state index contributed by atoms with van der Waals surface area (Å²) >= 11 is 2.85. The Hall–Kier alpha value is -2.32. The first-order chi connectivity index (χ1) is 12.5. The van der Waals surface area contributed by atoms with Gasteiger partial charge < -0.3 is 15.8 Å². The number of rotatable bonds is 6. The first kappa shape index (κ1) is 18.5. The average molecular weight is 389 g/mol. The van der Waals surface area contributed by atoms with Gasteiger partial charge in [0.05, 0.1) is 23.4 Å². The number of anilines is 2. The van der Waals surface area contributed by atoms with Crippen LogP contribution in [0.1, 0.15) is 17.4 Å². The third-order valence-corrected chi connectivity index (χ3v) is 5.78. The van der Waals surface area contributed by atoms with Crippen LogP contribution in [0.25, 0.3) is 10.2 Å². The highest BCUT2D eigenvalue weighted by atomic mass is 32.2. The molecule has 2 aromatic heterocycles. The first-order valence-electron chi connectivity index (χ1n) is 8.17. The lowest BCUT2D eigenvalue weighted by atomic mass is 10.2. The molecular weight excluding hydrogens is 368 g/mol. The quantitative estimate of drug-likeness (QED) is 0.490. The number of nitrogens with zero attached hydrogens (tertiary/aromatic N) is 2. The molecule has 1 aromatic carbocycles. The highest BCUT2D eigenvalue weighted by Crippen LogP contribution is 2.33. The normalized spacial score (nSPS) is 10.9. The molecular formula is C18H20N4O2S2. The number of ether oxygens (including phenoxy) is 1. The van der Waals surface area contributed by atoms with Crippen LogP contribution in [0, 0.1) is 13.8 Å². The van der Waals surface area contributed by atoms with Crippen molar-refractivity contribution in [2.75, 3.05) is 23.4 Å². The molecule has 136 valence electrons. The molecule has 26 heavy (non-hydrogen) atoms. The lowest BCUT2D eigenvalue weighted by Crippen LogP contribution is -2.15. The lowest BCUT2D eigenvalue weighted by Gasteiger charge is -2.11. The maximum absolute atomic E-state index is 12.3. The van der Waals surface area contributed by atoms with Gasteiger partial charge in [0.25, 0.3) is 0 Å². The van der Waals surface area contributed by atoms with E-state index in [4.69, 9.17) is 10.5 Å². The minimum Gasteiger partial charge on any atom is -0.492 e. The fourth-order valence-corrected chi connectivity index (χ4v) is 4.24. The molecule has 3 N–H and O–H groups in total. The largest absolute Gasteiger partial charge is 0.492 e. The molecule has 0 aliphatic rings. The number of carbonyl (C=O) groups is 1. The molecule has 0 aliphatic heterocycles. The second kappa shape index (κ2) is 7.92. The Morgan fingerprint density at radius 1 is 1.31 bits per heavy atom. The van der Waals surface area contributed by atoms with E-state index in [1.807, 2.05) is 45.0 Å². The number of thioether (sulfide) groups is 1. The minimum absolute atomic E-state index is 0.150. The van der Waals surface area contributed by atoms with E-state index in [0.29, 0.717) is 29.0 Å². The number of hydrogen-bond donors (Lipinski definition) is 2. The van der Waals surface area contributed by atoms with Crippen molar-refractivity contribution in [2.24, 2.45) is 0 Å². The van der Waals surface area contributed by atoms with Crippen LogP contribution in [0.3, 0.4) is 0 Å². The number of fused-ring (bicyclic) bond motifs is 1. The number of aryl methyl sites for hydroxylation is 2. The summed E-state index contributed by atoms with van der Waals surface area (Å²) in [6, 6.07) is 7.35. The van der Waals surface area contributed by atoms with Crippen LogP contribution in [0.2, 0.25) is 0 Å². The molecule has 8 heteroatoms. The number of nitrogens with one attached hydrogen (secondary N) is 1. The molecule has 0 aliphatic carbocycles. The van der Waals surface area contributed by atoms with Gasteiger partial charge in [-0.25, -0.2) is 9.97 Å². The summed E-state index contributed by atoms with van der Waals surface area (Å²) < 4.78 is 5.52. The van der Waals surface area contributed by atoms with E-state index in [1.165, 1.54) is 16.6 Å². The summed E-state index contributed by atoms with van der Waals surface area (Å²) in [5.74, 6) is 1.15. The number of carbonyl (C=O) groups excluding carboxylic acids is 1. The molecule has 2 heterocycles. The molecule has 3 aromatic rings. The summed E-state index contributed by atoms with van der Waals surface area (Å²) in [6.07, 6.45) is 0. The van der Waals surface area contributed by atoms with Gasteiger partial charge in [-0.15, -0.1) is 11.3 Å². The number of nitrogens with two attached hydrogens (primary N) is 1. The predicted molar refractivity (Wildman–Crippen MR) is 108 cm³/mol. The number of aromatic nitrogens is 2. The summed E-state index contributed by atoms with van der Waals surface area (Å²) in [4.78, 5) is 23.2. The Morgan fingerprint density at radius 3 is 2.85 bits per heavy atom. The fourth-order valence-electron chi connectivity index (χ4n) is 2.49. The average Bonchev–Trinajstić information content (AvgIpc) is 2.89. The van der Waals surface area contributed by atoms with Crippen LogP contribution in [0.15, 0.2) is 29.4 Å². The van der Waals surface area contributed by atoms with E-state index in [9.17, 15) is 4.79 Å². The summed E-state index contributed by atoms with van der Waals surface area (Å²) in [5.41, 5.74) is 7.85. The number of para-hydroxylation sites is 2. The number of nitrogen functional groups attached to an aromatic ring is 1. The van der Waals surface area contributed by atoms with Gasteiger partial charge in [0.2, 0.25) is 5.91 Å². The Balaban J connectivity index is 1.69. The van der Waals surface area contributed by atoms with Crippen molar-refractivity contribution in [1.82, 2.24) is 9.97 Å². The van der Waals surface area contributed by atoms with E-state index < -0.39 is 0 Å². The molecule has 0 bridgehead atoms. The maximum Gasteiger partial charge on any atom is 0.234 e. The fraction of sp³-hybridized carbons (Fsp3) is 0.278. The van der Waals surface area contributed by atoms with Gasteiger partial charge in [0.1, 0.15) is 16.4 Å². The third-order valence-electron chi connectivity index (χ3n) is 3.83. The second-order valence-corrected chi connectivity index (χ2v) is 7.77. The lowest BCUT2D eigenvalue weighted by molar-refractivity contribution is -0.113. The Labute approximate surface area is 160 Å². The zero-order chi connectivity index (χ0) is 18.7. The highest BCUT2D eigenvalue weighted by molar-refractivity contribution is 7.99. The van der Waals surface area contributed by atoms with Gasteiger partial charge in [-0.3, -0.25) is 4.79 Å². The zero-order valence-corrected chi connectivity index (χ0v) is 16.5. The number of amides is 1. The predicted octanol–water partition coefficient (Wildman–Crippen LogP) is 4.02. The SMILES string of the molecule is CCOc1ccccc1NC(=O)CSc1nc(N)c2c(C)c(C)sc2n1. The van der Waals surface area contributed by atoms with Crippen molar-refractivity contribution in [2.45, 2.75) is 25.9 Å².